The third-order valence-corrected chi connectivity index (χ3v) is 6.13. The third kappa shape index (κ3) is 3.91. The van der Waals surface area contributed by atoms with Crippen LogP contribution < -0.4 is 10.0 Å². The highest BCUT2D eigenvalue weighted by atomic mass is 35.5. The van der Waals surface area contributed by atoms with E-state index in [0.29, 0.717) is 17.9 Å². The van der Waals surface area contributed by atoms with Crippen LogP contribution in [0.3, 0.4) is 0 Å². The molecule has 0 bridgehead atoms. The number of benzene rings is 1. The molecular weight excluding hydrogens is 377 g/mol. The molecule has 0 aliphatic carbocycles. The van der Waals surface area contributed by atoms with Gasteiger partial charge in [0.1, 0.15) is 16.3 Å². The lowest BCUT2D eigenvalue weighted by Gasteiger charge is -2.26. The highest BCUT2D eigenvalue weighted by Crippen LogP contribution is 2.31. The fourth-order valence-electron chi connectivity index (χ4n) is 2.84. The van der Waals surface area contributed by atoms with Crippen LogP contribution in [0.4, 0.5) is 10.1 Å². The Bertz CT molecular complexity index is 834. The molecule has 3 rings (SSSR count). The molecule has 1 aliphatic rings. The number of rotatable bonds is 4. The smallest absolute Gasteiger partial charge is 0.272 e. The van der Waals surface area contributed by atoms with Gasteiger partial charge in [0.2, 0.25) is 0 Å². The highest BCUT2D eigenvalue weighted by Gasteiger charge is 2.34. The zero-order valence-electron chi connectivity index (χ0n) is 14.8. The molecule has 1 aromatic heterocycles. The van der Waals surface area contributed by atoms with Crippen molar-refractivity contribution < 1.29 is 13.7 Å². The summed E-state index contributed by atoms with van der Waals surface area (Å²) in [4.78, 5) is 12.6. The first-order chi connectivity index (χ1) is 12.2. The largest absolute Gasteiger partial charge is 0.598 e. The van der Waals surface area contributed by atoms with Crippen LogP contribution in [0.25, 0.3) is 0 Å². The van der Waals surface area contributed by atoms with E-state index in [0.717, 1.165) is 12.1 Å². The molecule has 0 spiro atoms. The summed E-state index contributed by atoms with van der Waals surface area (Å²) in [5.41, 5.74) is 1.87. The van der Waals surface area contributed by atoms with Crippen molar-refractivity contribution in [1.82, 2.24) is 9.29 Å². The van der Waals surface area contributed by atoms with E-state index in [2.05, 4.69) is 10.0 Å². The standard InChI is InChI=1S/C18H21ClFN3O2S/c1-18(2,3)26(25)22-14-8-9-23-15(14)6-7-16(23)17(24)21-11-4-5-13(20)12(19)10-11/h4-7,10,14,22H,8-9H2,1-3H3,(H,21,24). The van der Waals surface area contributed by atoms with Gasteiger partial charge in [-0.3, -0.25) is 4.79 Å². The molecule has 0 saturated carbocycles. The molecular formula is C18H21ClFN3O2S. The number of carbonyl (C=O) groups excluding carboxylic acids is 1. The summed E-state index contributed by atoms with van der Waals surface area (Å²) < 4.78 is 30.3. The molecule has 2 aromatic rings. The summed E-state index contributed by atoms with van der Waals surface area (Å²) >= 11 is 4.57. The first kappa shape index (κ1) is 19.2. The quantitative estimate of drug-likeness (QED) is 0.765. The molecule has 1 amide bonds. The summed E-state index contributed by atoms with van der Waals surface area (Å²) in [6, 6.07) is 7.60. The normalized spacial score (nSPS) is 17.8. The van der Waals surface area contributed by atoms with E-state index in [1.54, 1.807) is 6.07 Å². The van der Waals surface area contributed by atoms with Gasteiger partial charge in [-0.15, -0.1) is 4.72 Å². The van der Waals surface area contributed by atoms with Crippen molar-refractivity contribution in [3.8, 4) is 0 Å². The Morgan fingerprint density at radius 1 is 1.35 bits per heavy atom. The second kappa shape index (κ2) is 7.23. The van der Waals surface area contributed by atoms with Crippen molar-refractivity contribution >= 4 is 34.6 Å². The zero-order chi connectivity index (χ0) is 19.1. The number of halogens is 2. The average Bonchev–Trinajstić information content (AvgIpc) is 3.13. The summed E-state index contributed by atoms with van der Waals surface area (Å²) in [6.45, 7) is 6.40. The Kier molecular flexibility index (Phi) is 5.35. The maximum Gasteiger partial charge on any atom is 0.272 e. The zero-order valence-corrected chi connectivity index (χ0v) is 16.4. The maximum atomic E-state index is 13.2. The van der Waals surface area contributed by atoms with E-state index in [-0.39, 0.29) is 21.7 Å². The molecule has 1 aromatic carbocycles. The summed E-state index contributed by atoms with van der Waals surface area (Å²) in [7, 11) is 0. The fourth-order valence-corrected chi connectivity index (χ4v) is 3.87. The number of anilines is 1. The van der Waals surface area contributed by atoms with Gasteiger partial charge in [-0.05, 0) is 57.5 Å². The average molecular weight is 398 g/mol. The third-order valence-electron chi connectivity index (χ3n) is 4.23. The van der Waals surface area contributed by atoms with E-state index < -0.39 is 17.2 Å². The number of nitrogens with zero attached hydrogens (tertiary/aromatic N) is 1. The van der Waals surface area contributed by atoms with Gasteiger partial charge in [0.25, 0.3) is 5.91 Å². The molecule has 0 radical (unpaired) electrons. The minimum atomic E-state index is -1.19. The lowest BCUT2D eigenvalue weighted by molar-refractivity contribution is 0.101. The van der Waals surface area contributed by atoms with Gasteiger partial charge < -0.3 is 14.4 Å². The number of hydrogen-bond acceptors (Lipinski definition) is 3. The lowest BCUT2D eigenvalue weighted by atomic mass is 10.2. The van der Waals surface area contributed by atoms with Crippen molar-refractivity contribution in [2.75, 3.05) is 5.32 Å². The van der Waals surface area contributed by atoms with Crippen molar-refractivity contribution in [3.05, 3.63) is 52.6 Å². The summed E-state index contributed by atoms with van der Waals surface area (Å²) in [6.07, 6.45) is 0.765. The molecule has 5 nitrogen and oxygen atoms in total. The Morgan fingerprint density at radius 2 is 2.08 bits per heavy atom. The van der Waals surface area contributed by atoms with Crippen molar-refractivity contribution in [2.45, 2.75) is 44.5 Å². The predicted molar refractivity (Wildman–Crippen MR) is 102 cm³/mol. The van der Waals surface area contributed by atoms with E-state index in [9.17, 15) is 13.7 Å². The monoisotopic (exact) mass is 397 g/mol. The number of fused-ring (bicyclic) bond motifs is 1. The molecule has 1 aliphatic heterocycles. The van der Waals surface area contributed by atoms with Gasteiger partial charge in [0.05, 0.1) is 11.1 Å². The molecule has 2 N–H and O–H groups in total. The van der Waals surface area contributed by atoms with Crippen LogP contribution in [0.5, 0.6) is 0 Å². The van der Waals surface area contributed by atoms with Gasteiger partial charge in [-0.25, -0.2) is 4.39 Å². The molecule has 0 saturated heterocycles. The fraction of sp³-hybridized carbons (Fsp3) is 0.389. The minimum Gasteiger partial charge on any atom is -0.598 e. The molecule has 2 heterocycles. The Hall–Kier alpha value is -1.54. The Balaban J connectivity index is 1.74. The second-order valence-electron chi connectivity index (χ2n) is 7.22. The van der Waals surface area contributed by atoms with E-state index in [1.807, 2.05) is 31.4 Å². The molecule has 2 atom stereocenters. The van der Waals surface area contributed by atoms with Crippen LogP contribution in [-0.4, -0.2) is 19.8 Å². The molecule has 8 heteroatoms. The topological polar surface area (TPSA) is 69.1 Å². The van der Waals surface area contributed by atoms with Gasteiger partial charge in [-0.2, -0.15) is 0 Å². The Labute approximate surface area is 160 Å². The number of aromatic nitrogens is 1. The van der Waals surface area contributed by atoms with Crippen LogP contribution in [-0.2, 0) is 17.9 Å². The molecule has 26 heavy (non-hydrogen) atoms. The van der Waals surface area contributed by atoms with Crippen molar-refractivity contribution in [2.24, 2.45) is 0 Å². The summed E-state index contributed by atoms with van der Waals surface area (Å²) in [5.74, 6) is -0.828. The Morgan fingerprint density at radius 3 is 2.73 bits per heavy atom. The van der Waals surface area contributed by atoms with E-state index in [4.69, 9.17) is 11.6 Å². The van der Waals surface area contributed by atoms with Crippen LogP contribution >= 0.6 is 11.6 Å². The van der Waals surface area contributed by atoms with Crippen molar-refractivity contribution in [3.63, 3.8) is 0 Å². The van der Waals surface area contributed by atoms with Crippen LogP contribution in [0.15, 0.2) is 30.3 Å². The first-order valence-electron chi connectivity index (χ1n) is 8.30. The van der Waals surface area contributed by atoms with Crippen molar-refractivity contribution in [1.29, 1.82) is 0 Å². The number of carbonyl (C=O) groups is 1. The number of hydrogen-bond donors (Lipinski definition) is 2. The molecule has 140 valence electrons. The number of amides is 1. The van der Waals surface area contributed by atoms with Crippen LogP contribution in [0.1, 0.15) is 49.4 Å². The highest BCUT2D eigenvalue weighted by molar-refractivity contribution is 7.90. The summed E-state index contributed by atoms with van der Waals surface area (Å²) in [5, 5.41) is 2.69. The first-order valence-corrected chi connectivity index (χ1v) is 9.83. The molecule has 2 unspecified atom stereocenters. The number of nitrogens with one attached hydrogen (secondary N) is 2. The predicted octanol–water partition coefficient (Wildman–Crippen LogP) is 4.03. The molecule has 0 fully saturated rings. The van der Waals surface area contributed by atoms with Gasteiger partial charge >= 0.3 is 0 Å². The van der Waals surface area contributed by atoms with Crippen LogP contribution in [0, 0.1) is 5.82 Å². The van der Waals surface area contributed by atoms with E-state index >= 15 is 0 Å². The van der Waals surface area contributed by atoms with Gasteiger partial charge in [-0.1, -0.05) is 11.6 Å². The van der Waals surface area contributed by atoms with Gasteiger partial charge in [0, 0.05) is 29.3 Å². The SMILES string of the molecule is CC(C)(C)[S+]([O-])NC1CCn2c(C(=O)Nc3ccc(F)c(Cl)c3)ccc21. The lowest BCUT2D eigenvalue weighted by Crippen LogP contribution is -2.40. The maximum absolute atomic E-state index is 13.2. The van der Waals surface area contributed by atoms with Gasteiger partial charge in [0.15, 0.2) is 0 Å². The van der Waals surface area contributed by atoms with Crippen LogP contribution in [0.2, 0.25) is 5.02 Å². The second-order valence-corrected chi connectivity index (χ2v) is 9.62. The van der Waals surface area contributed by atoms with E-state index in [1.165, 1.54) is 18.2 Å². The minimum absolute atomic E-state index is 0.0443.